The lowest BCUT2D eigenvalue weighted by atomic mass is 9.78. The molecular weight excluding hydrogens is 420 g/mol. The Kier molecular flexibility index (Phi) is 6.40. The minimum atomic E-state index is -0.658. The lowest BCUT2D eigenvalue weighted by molar-refractivity contribution is -0.125. The van der Waals surface area contributed by atoms with Crippen molar-refractivity contribution >= 4 is 29.4 Å². The average molecular weight is 447 g/mol. The highest BCUT2D eigenvalue weighted by atomic mass is 16.5. The van der Waals surface area contributed by atoms with Crippen molar-refractivity contribution in [1.29, 1.82) is 0 Å². The fourth-order valence-electron chi connectivity index (χ4n) is 4.47. The second-order valence-electron chi connectivity index (χ2n) is 8.49. The molecule has 1 heterocycles. The topological polar surface area (TPSA) is 92.8 Å². The molecule has 7 nitrogen and oxygen atoms in total. The number of carbonyl (C=O) groups is 4. The van der Waals surface area contributed by atoms with E-state index in [-0.39, 0.29) is 41.2 Å². The maximum atomic E-state index is 12.9. The van der Waals surface area contributed by atoms with E-state index in [9.17, 15) is 19.2 Å². The Morgan fingerprint density at radius 1 is 1.06 bits per heavy atom. The summed E-state index contributed by atoms with van der Waals surface area (Å²) in [7, 11) is 0. The average Bonchev–Trinajstić information content (AvgIpc) is 3.09. The number of anilines is 1. The van der Waals surface area contributed by atoms with Crippen LogP contribution in [0.1, 0.15) is 42.2 Å². The van der Waals surface area contributed by atoms with Crippen molar-refractivity contribution in [1.82, 2.24) is 5.32 Å². The molecule has 1 aliphatic carbocycles. The summed E-state index contributed by atoms with van der Waals surface area (Å²) in [5.41, 5.74) is 1.61. The highest BCUT2D eigenvalue weighted by Crippen LogP contribution is 2.40. The van der Waals surface area contributed by atoms with E-state index in [4.69, 9.17) is 4.74 Å². The minimum absolute atomic E-state index is 0.00945. The van der Waals surface area contributed by atoms with Gasteiger partial charge in [0.05, 0.1) is 29.1 Å². The molecule has 1 N–H and O–H groups in total. The predicted molar refractivity (Wildman–Crippen MR) is 122 cm³/mol. The van der Waals surface area contributed by atoms with Crippen LogP contribution in [0.4, 0.5) is 5.69 Å². The first-order chi connectivity index (χ1) is 15.9. The lowest BCUT2D eigenvalue weighted by Gasteiger charge is -2.22. The van der Waals surface area contributed by atoms with E-state index < -0.39 is 18.5 Å². The van der Waals surface area contributed by atoms with E-state index in [0.717, 1.165) is 5.56 Å². The fraction of sp³-hybridized carbons (Fsp3) is 0.308. The summed E-state index contributed by atoms with van der Waals surface area (Å²) in [4.78, 5) is 51.4. The maximum absolute atomic E-state index is 12.9. The van der Waals surface area contributed by atoms with Crippen molar-refractivity contribution in [3.05, 3.63) is 77.9 Å². The first-order valence-corrected chi connectivity index (χ1v) is 11.0. The minimum Gasteiger partial charge on any atom is -0.452 e. The SMILES string of the molecule is C[C@H](NC(=O)COC(=O)c1ccc(N2C(=O)[C@H]3[C@@H](C)C=CC[C@H]3C2=O)cc1)c1ccccc1. The number of imide groups is 1. The van der Waals surface area contributed by atoms with E-state index >= 15 is 0 Å². The van der Waals surface area contributed by atoms with Crippen LogP contribution >= 0.6 is 0 Å². The van der Waals surface area contributed by atoms with Crippen molar-refractivity contribution in [2.45, 2.75) is 26.3 Å². The molecule has 0 unspecified atom stereocenters. The van der Waals surface area contributed by atoms with Crippen molar-refractivity contribution in [2.75, 3.05) is 11.5 Å². The third-order valence-corrected chi connectivity index (χ3v) is 6.25. The zero-order valence-corrected chi connectivity index (χ0v) is 18.6. The van der Waals surface area contributed by atoms with Gasteiger partial charge in [-0.2, -0.15) is 0 Å². The first-order valence-electron chi connectivity index (χ1n) is 11.0. The second-order valence-corrected chi connectivity index (χ2v) is 8.49. The zero-order valence-electron chi connectivity index (χ0n) is 18.6. The van der Waals surface area contributed by atoms with Gasteiger partial charge in [0.25, 0.3) is 5.91 Å². The summed E-state index contributed by atoms with van der Waals surface area (Å²) in [6, 6.07) is 15.4. The highest BCUT2D eigenvalue weighted by molar-refractivity contribution is 6.22. The molecule has 1 fully saturated rings. The molecule has 0 spiro atoms. The number of rotatable bonds is 6. The maximum Gasteiger partial charge on any atom is 0.338 e. The largest absolute Gasteiger partial charge is 0.452 e. The molecule has 2 aromatic rings. The van der Waals surface area contributed by atoms with Crippen LogP contribution in [0, 0.1) is 17.8 Å². The normalized spacial score (nSPS) is 22.6. The van der Waals surface area contributed by atoms with Crippen LogP contribution in [0.25, 0.3) is 0 Å². The van der Waals surface area contributed by atoms with Crippen LogP contribution in [0.2, 0.25) is 0 Å². The quantitative estimate of drug-likeness (QED) is 0.417. The van der Waals surface area contributed by atoms with Gasteiger partial charge in [0.15, 0.2) is 6.61 Å². The Morgan fingerprint density at radius 3 is 2.42 bits per heavy atom. The van der Waals surface area contributed by atoms with Gasteiger partial charge in [0.1, 0.15) is 0 Å². The number of nitrogens with one attached hydrogen (secondary N) is 1. The Labute approximate surface area is 192 Å². The molecule has 0 radical (unpaired) electrons. The molecule has 170 valence electrons. The Hall–Kier alpha value is -3.74. The number of hydrogen-bond donors (Lipinski definition) is 1. The summed E-state index contributed by atoms with van der Waals surface area (Å²) in [6.45, 7) is 3.38. The molecule has 4 atom stereocenters. The van der Waals surface area contributed by atoms with Crippen molar-refractivity contribution in [3.8, 4) is 0 Å². The van der Waals surface area contributed by atoms with Crippen LogP contribution in [0.15, 0.2) is 66.7 Å². The standard InChI is InChI=1S/C26H26N2O5/c1-16-7-6-10-21-23(16)25(31)28(24(21)30)20-13-11-19(12-14-20)26(32)33-15-22(29)27-17(2)18-8-4-3-5-9-18/h3-9,11-14,16-17,21,23H,10,15H2,1-2H3,(H,27,29)/t16-,17-,21+,23-/m0/s1. The molecule has 0 bridgehead atoms. The number of fused-ring (bicyclic) bond motifs is 1. The Bertz CT molecular complexity index is 1090. The lowest BCUT2D eigenvalue weighted by Crippen LogP contribution is -2.31. The molecule has 1 aliphatic heterocycles. The van der Waals surface area contributed by atoms with Gasteiger partial charge in [-0.3, -0.25) is 19.3 Å². The van der Waals surface area contributed by atoms with E-state index in [2.05, 4.69) is 5.32 Å². The molecule has 0 saturated carbocycles. The Morgan fingerprint density at radius 2 is 1.76 bits per heavy atom. The number of amides is 3. The molecule has 33 heavy (non-hydrogen) atoms. The van der Waals surface area contributed by atoms with E-state index in [1.807, 2.05) is 56.3 Å². The molecule has 4 rings (SSSR count). The monoisotopic (exact) mass is 446 g/mol. The van der Waals surface area contributed by atoms with Crippen LogP contribution in [-0.4, -0.2) is 30.3 Å². The number of hydrogen-bond acceptors (Lipinski definition) is 5. The van der Waals surface area contributed by atoms with E-state index in [1.165, 1.54) is 17.0 Å². The summed E-state index contributed by atoms with van der Waals surface area (Å²) in [6.07, 6.45) is 4.49. The Balaban J connectivity index is 1.34. The van der Waals surface area contributed by atoms with Crippen LogP contribution in [0.3, 0.4) is 0 Å². The smallest absolute Gasteiger partial charge is 0.338 e. The van der Waals surface area contributed by atoms with Crippen LogP contribution in [-0.2, 0) is 19.1 Å². The molecule has 7 heteroatoms. The molecule has 2 aliphatic rings. The van der Waals surface area contributed by atoms with Gasteiger partial charge in [-0.05, 0) is 49.1 Å². The predicted octanol–water partition coefficient (Wildman–Crippen LogP) is 3.42. The second kappa shape index (κ2) is 9.40. The van der Waals surface area contributed by atoms with Gasteiger partial charge in [-0.25, -0.2) is 4.79 Å². The van der Waals surface area contributed by atoms with Crippen molar-refractivity contribution in [3.63, 3.8) is 0 Å². The van der Waals surface area contributed by atoms with Crippen molar-refractivity contribution < 1.29 is 23.9 Å². The first kappa shape index (κ1) is 22.5. The van der Waals surface area contributed by atoms with Crippen LogP contribution < -0.4 is 10.2 Å². The molecular formula is C26H26N2O5. The number of ether oxygens (including phenoxy) is 1. The van der Waals surface area contributed by atoms with Gasteiger partial charge in [-0.1, -0.05) is 49.4 Å². The summed E-state index contributed by atoms with van der Waals surface area (Å²) in [5, 5.41) is 2.78. The number of allylic oxidation sites excluding steroid dienone is 2. The van der Waals surface area contributed by atoms with Gasteiger partial charge in [-0.15, -0.1) is 0 Å². The van der Waals surface area contributed by atoms with Gasteiger partial charge in [0.2, 0.25) is 11.8 Å². The number of nitrogens with zero attached hydrogens (tertiary/aromatic N) is 1. The summed E-state index contributed by atoms with van der Waals surface area (Å²) in [5.74, 6) is -2.15. The third kappa shape index (κ3) is 4.58. The number of esters is 1. The third-order valence-electron chi connectivity index (χ3n) is 6.25. The van der Waals surface area contributed by atoms with E-state index in [1.54, 1.807) is 12.1 Å². The molecule has 2 aromatic carbocycles. The fourth-order valence-corrected chi connectivity index (χ4v) is 4.47. The zero-order chi connectivity index (χ0) is 23.5. The highest BCUT2D eigenvalue weighted by Gasteiger charge is 2.50. The summed E-state index contributed by atoms with van der Waals surface area (Å²) < 4.78 is 5.12. The van der Waals surface area contributed by atoms with Crippen molar-refractivity contribution in [2.24, 2.45) is 17.8 Å². The molecule has 3 amide bonds. The van der Waals surface area contributed by atoms with Gasteiger partial charge < -0.3 is 10.1 Å². The van der Waals surface area contributed by atoms with Gasteiger partial charge in [0, 0.05) is 0 Å². The molecule has 1 saturated heterocycles. The van der Waals surface area contributed by atoms with Gasteiger partial charge >= 0.3 is 5.97 Å². The number of benzene rings is 2. The molecule has 0 aromatic heterocycles. The van der Waals surface area contributed by atoms with Crippen LogP contribution in [0.5, 0.6) is 0 Å². The van der Waals surface area contributed by atoms with E-state index in [0.29, 0.717) is 12.1 Å². The summed E-state index contributed by atoms with van der Waals surface area (Å²) >= 11 is 0. The number of carbonyl (C=O) groups excluding carboxylic acids is 4.